The number of fused-ring (bicyclic) bond motifs is 1. The number of anilines is 1. The first-order valence-corrected chi connectivity index (χ1v) is 7.39. The lowest BCUT2D eigenvalue weighted by Crippen LogP contribution is -2.26. The highest BCUT2D eigenvalue weighted by Crippen LogP contribution is 2.27. The van der Waals surface area contributed by atoms with Crippen LogP contribution in [0.15, 0.2) is 51.4 Å². The normalized spacial score (nSPS) is 20.4. The van der Waals surface area contributed by atoms with Gasteiger partial charge in [-0.1, -0.05) is 0 Å². The Kier molecular flexibility index (Phi) is 4.14. The molecule has 0 bridgehead atoms. The Bertz CT molecular complexity index is 750. The fourth-order valence-corrected chi connectivity index (χ4v) is 2.67. The number of halogens is 1. The summed E-state index contributed by atoms with van der Waals surface area (Å²) in [7, 11) is 1.54. The minimum absolute atomic E-state index is 0.0897. The van der Waals surface area contributed by atoms with E-state index < -0.39 is 0 Å². The van der Waals surface area contributed by atoms with E-state index in [-0.39, 0.29) is 17.6 Å². The smallest absolute Gasteiger partial charge is 0.153 e. The predicted molar refractivity (Wildman–Crippen MR) is 88.5 cm³/mol. The topological polar surface area (TPSA) is 66.2 Å². The summed E-state index contributed by atoms with van der Waals surface area (Å²) in [6.07, 6.45) is 4.47. The summed E-state index contributed by atoms with van der Waals surface area (Å²) in [5.41, 5.74) is 2.08. The molecule has 0 radical (unpaired) electrons. The number of aliphatic hydroxyl groups is 1. The second kappa shape index (κ2) is 6.24. The number of hydrogen-bond donors (Lipinski definition) is 2. The van der Waals surface area contributed by atoms with E-state index in [9.17, 15) is 9.50 Å². The van der Waals surface area contributed by atoms with Crippen LogP contribution in [0.25, 0.3) is 0 Å². The van der Waals surface area contributed by atoms with Crippen molar-refractivity contribution in [2.24, 2.45) is 9.98 Å². The van der Waals surface area contributed by atoms with Crippen molar-refractivity contribution in [1.82, 2.24) is 0 Å². The van der Waals surface area contributed by atoms with Crippen LogP contribution in [0.2, 0.25) is 0 Å². The molecule has 23 heavy (non-hydrogen) atoms. The van der Waals surface area contributed by atoms with Crippen LogP contribution < -0.4 is 5.32 Å². The van der Waals surface area contributed by atoms with Crippen molar-refractivity contribution in [3.8, 4) is 0 Å². The van der Waals surface area contributed by atoms with Gasteiger partial charge in [0.2, 0.25) is 0 Å². The van der Waals surface area contributed by atoms with Crippen LogP contribution in [0.4, 0.5) is 10.1 Å². The number of amidine groups is 1. The van der Waals surface area contributed by atoms with Crippen molar-refractivity contribution in [2.75, 3.05) is 12.4 Å². The highest BCUT2D eigenvalue weighted by atomic mass is 19.1. The molecule has 0 fully saturated rings. The number of methoxy groups -OCH3 is 1. The summed E-state index contributed by atoms with van der Waals surface area (Å²) in [6.45, 7) is 1.71. The Morgan fingerprint density at radius 2 is 2.22 bits per heavy atom. The van der Waals surface area contributed by atoms with Crippen molar-refractivity contribution < 1.29 is 14.2 Å². The zero-order chi connectivity index (χ0) is 16.4. The molecule has 0 saturated carbocycles. The minimum atomic E-state index is -0.250. The van der Waals surface area contributed by atoms with E-state index in [2.05, 4.69) is 15.3 Å². The van der Waals surface area contributed by atoms with E-state index in [0.717, 1.165) is 17.7 Å². The molecule has 1 atom stereocenters. The quantitative estimate of drug-likeness (QED) is 0.878. The van der Waals surface area contributed by atoms with E-state index in [0.29, 0.717) is 23.6 Å². The number of nitrogens with zero attached hydrogens (tertiary/aromatic N) is 2. The van der Waals surface area contributed by atoms with Crippen LogP contribution in [0.3, 0.4) is 0 Å². The molecule has 3 rings (SSSR count). The molecule has 6 heteroatoms. The average Bonchev–Trinajstić information content (AvgIpc) is 2.70. The van der Waals surface area contributed by atoms with Gasteiger partial charge in [-0.25, -0.2) is 9.38 Å². The fraction of sp³-hybridized carbons (Fsp3) is 0.294. The first-order valence-electron chi connectivity index (χ1n) is 7.39. The maximum absolute atomic E-state index is 13.4. The zero-order valence-corrected chi connectivity index (χ0v) is 13.0. The SMILES string of the molecule is COC1=C(O)C=C2C(Nc3ccc(F)c(C)c3)=NC=NC2CC1. The number of nitrogens with one attached hydrogen (secondary N) is 1. The van der Waals surface area contributed by atoms with Gasteiger partial charge in [0.05, 0.1) is 13.2 Å². The molecule has 0 saturated heterocycles. The van der Waals surface area contributed by atoms with Crippen LogP contribution in [0, 0.1) is 12.7 Å². The van der Waals surface area contributed by atoms with E-state index in [1.807, 2.05) is 0 Å². The van der Waals surface area contributed by atoms with Crippen LogP contribution in [-0.2, 0) is 4.74 Å². The molecule has 2 N–H and O–H groups in total. The summed E-state index contributed by atoms with van der Waals surface area (Å²) in [4.78, 5) is 8.63. The molecule has 1 aromatic rings. The maximum Gasteiger partial charge on any atom is 0.153 e. The standard InChI is InChI=1S/C17H18FN3O2/c1-10-7-11(3-4-13(10)18)21-17-12-8-15(22)16(23-2)6-5-14(12)19-9-20-17/h3-4,7-9,14,22H,5-6H2,1-2H3,(H,19,20,21). The molecule has 2 aliphatic rings. The highest BCUT2D eigenvalue weighted by Gasteiger charge is 2.26. The molecule has 1 aliphatic heterocycles. The third kappa shape index (κ3) is 3.11. The summed E-state index contributed by atoms with van der Waals surface area (Å²) in [5, 5.41) is 13.3. The molecule has 0 aromatic heterocycles. The van der Waals surface area contributed by atoms with Gasteiger partial charge in [0.25, 0.3) is 0 Å². The van der Waals surface area contributed by atoms with Crippen molar-refractivity contribution in [3.05, 3.63) is 52.7 Å². The van der Waals surface area contributed by atoms with Gasteiger partial charge in [-0.15, -0.1) is 0 Å². The summed E-state index contributed by atoms with van der Waals surface area (Å²) >= 11 is 0. The third-order valence-electron chi connectivity index (χ3n) is 3.96. The molecule has 1 heterocycles. The van der Waals surface area contributed by atoms with E-state index in [4.69, 9.17) is 4.74 Å². The van der Waals surface area contributed by atoms with Crippen LogP contribution >= 0.6 is 0 Å². The fourth-order valence-electron chi connectivity index (χ4n) is 2.67. The lowest BCUT2D eigenvalue weighted by molar-refractivity contribution is 0.246. The minimum Gasteiger partial charge on any atom is -0.504 e. The Balaban J connectivity index is 1.92. The molecule has 5 nitrogen and oxygen atoms in total. The lowest BCUT2D eigenvalue weighted by Gasteiger charge is -2.20. The summed E-state index contributed by atoms with van der Waals surface area (Å²) < 4.78 is 18.6. The third-order valence-corrected chi connectivity index (χ3v) is 3.96. The average molecular weight is 315 g/mol. The molecular weight excluding hydrogens is 297 g/mol. The number of aryl methyl sites for hydroxylation is 1. The monoisotopic (exact) mass is 315 g/mol. The van der Waals surface area contributed by atoms with Gasteiger partial charge in [-0.3, -0.25) is 4.99 Å². The number of aliphatic imine (C=N–C) groups is 2. The Labute approximate surface area is 133 Å². The number of benzene rings is 1. The van der Waals surface area contributed by atoms with Gasteiger partial charge in [-0.05, 0) is 43.2 Å². The summed E-state index contributed by atoms with van der Waals surface area (Å²) in [5.74, 6) is 0.977. The molecule has 0 amide bonds. The molecule has 1 unspecified atom stereocenters. The predicted octanol–water partition coefficient (Wildman–Crippen LogP) is 3.49. The van der Waals surface area contributed by atoms with E-state index >= 15 is 0 Å². The van der Waals surface area contributed by atoms with Gasteiger partial charge in [0.1, 0.15) is 23.8 Å². The van der Waals surface area contributed by atoms with Crippen molar-refractivity contribution in [1.29, 1.82) is 0 Å². The molecule has 1 aliphatic carbocycles. The lowest BCUT2D eigenvalue weighted by atomic mass is 10.0. The van der Waals surface area contributed by atoms with Gasteiger partial charge in [0.15, 0.2) is 5.76 Å². The Hall–Kier alpha value is -2.63. The number of allylic oxidation sites excluding steroid dienone is 2. The molecule has 0 spiro atoms. The van der Waals surface area contributed by atoms with Crippen LogP contribution in [0.1, 0.15) is 18.4 Å². The van der Waals surface area contributed by atoms with Crippen molar-refractivity contribution in [3.63, 3.8) is 0 Å². The van der Waals surface area contributed by atoms with E-state index in [1.54, 1.807) is 25.1 Å². The largest absolute Gasteiger partial charge is 0.504 e. The van der Waals surface area contributed by atoms with Gasteiger partial charge < -0.3 is 15.2 Å². The number of rotatable bonds is 2. The van der Waals surface area contributed by atoms with E-state index in [1.165, 1.54) is 19.5 Å². The van der Waals surface area contributed by atoms with Crippen molar-refractivity contribution in [2.45, 2.75) is 25.8 Å². The molecular formula is C17H18FN3O2. The number of hydrogen-bond acceptors (Lipinski definition) is 5. The first-order chi connectivity index (χ1) is 11.1. The summed E-state index contributed by atoms with van der Waals surface area (Å²) in [6, 6.07) is 4.69. The number of aliphatic hydroxyl groups excluding tert-OH is 1. The zero-order valence-electron chi connectivity index (χ0n) is 13.0. The van der Waals surface area contributed by atoms with Gasteiger partial charge in [-0.2, -0.15) is 0 Å². The van der Waals surface area contributed by atoms with Crippen LogP contribution in [0.5, 0.6) is 0 Å². The Morgan fingerprint density at radius 3 is 2.96 bits per heavy atom. The molecule has 1 aromatic carbocycles. The number of ether oxygens (including phenoxy) is 1. The van der Waals surface area contributed by atoms with Crippen molar-refractivity contribution >= 4 is 17.9 Å². The van der Waals surface area contributed by atoms with Gasteiger partial charge >= 0.3 is 0 Å². The van der Waals surface area contributed by atoms with Crippen LogP contribution in [-0.4, -0.2) is 30.4 Å². The first kappa shape index (κ1) is 15.3. The Morgan fingerprint density at radius 1 is 1.39 bits per heavy atom. The maximum atomic E-state index is 13.4. The second-order valence-electron chi connectivity index (χ2n) is 5.50. The van der Waals surface area contributed by atoms with Gasteiger partial charge in [0, 0.05) is 17.7 Å². The highest BCUT2D eigenvalue weighted by molar-refractivity contribution is 6.12. The second-order valence-corrected chi connectivity index (χ2v) is 5.50. The molecule has 120 valence electrons.